The summed E-state index contributed by atoms with van der Waals surface area (Å²) in [5.74, 6) is 0.869. The summed E-state index contributed by atoms with van der Waals surface area (Å²) >= 11 is 1.57. The predicted molar refractivity (Wildman–Crippen MR) is 57.3 cm³/mol. The second-order valence-corrected chi connectivity index (χ2v) is 4.57. The summed E-state index contributed by atoms with van der Waals surface area (Å²) in [5.41, 5.74) is 6.43. The van der Waals surface area contributed by atoms with Crippen molar-refractivity contribution in [3.05, 3.63) is 16.7 Å². The Balaban J connectivity index is 2.00. The number of hydrogen-bond donors (Lipinski definition) is 1. The Bertz CT molecular complexity index is 470. The fraction of sp³-hybridized carbons (Fsp3) is 0.444. The van der Waals surface area contributed by atoms with E-state index in [-0.39, 0.29) is 0 Å². The first kappa shape index (κ1) is 8.99. The molecule has 5 nitrogen and oxygen atoms in total. The van der Waals surface area contributed by atoms with Crippen LogP contribution >= 0.6 is 11.3 Å². The van der Waals surface area contributed by atoms with E-state index < -0.39 is 0 Å². The first-order valence-electron chi connectivity index (χ1n) is 4.93. The van der Waals surface area contributed by atoms with E-state index in [2.05, 4.69) is 19.7 Å². The third kappa shape index (κ3) is 1.55. The molecule has 15 heavy (non-hydrogen) atoms. The number of hydrogen-bond acceptors (Lipinski definition) is 5. The number of nitrogens with zero attached hydrogens (tertiary/aromatic N) is 4. The van der Waals surface area contributed by atoms with E-state index in [1.165, 1.54) is 12.8 Å². The van der Waals surface area contributed by atoms with Gasteiger partial charge in [-0.1, -0.05) is 0 Å². The van der Waals surface area contributed by atoms with Crippen LogP contribution in [0.25, 0.3) is 11.5 Å². The van der Waals surface area contributed by atoms with Gasteiger partial charge in [0.2, 0.25) is 0 Å². The number of aromatic nitrogens is 4. The molecule has 3 rings (SSSR count). The van der Waals surface area contributed by atoms with Gasteiger partial charge in [0.1, 0.15) is 17.0 Å². The van der Waals surface area contributed by atoms with Crippen molar-refractivity contribution < 1.29 is 0 Å². The van der Waals surface area contributed by atoms with Crippen LogP contribution in [0.4, 0.5) is 0 Å². The Kier molecular flexibility index (Phi) is 2.03. The molecule has 6 heteroatoms. The van der Waals surface area contributed by atoms with E-state index in [1.807, 2.05) is 5.38 Å². The molecular weight excluding hydrogens is 210 g/mol. The third-order valence-electron chi connectivity index (χ3n) is 2.47. The highest BCUT2D eigenvalue weighted by molar-refractivity contribution is 7.09. The highest BCUT2D eigenvalue weighted by Gasteiger charge is 2.27. The number of rotatable bonds is 3. The summed E-state index contributed by atoms with van der Waals surface area (Å²) in [6.07, 6.45) is 4.23. The van der Waals surface area contributed by atoms with Crippen LogP contribution in [-0.4, -0.2) is 19.7 Å². The second kappa shape index (κ2) is 3.39. The lowest BCUT2D eigenvalue weighted by Gasteiger charge is -2.00. The minimum atomic E-state index is 0.488. The average Bonchev–Trinajstić information content (AvgIpc) is 2.83. The van der Waals surface area contributed by atoms with Gasteiger partial charge in [-0.2, -0.15) is 0 Å². The van der Waals surface area contributed by atoms with Gasteiger partial charge in [-0.3, -0.25) is 0 Å². The van der Waals surface area contributed by atoms with Crippen LogP contribution < -0.4 is 5.73 Å². The predicted octanol–water partition coefficient (Wildman–Crippen LogP) is 1.20. The molecule has 2 N–H and O–H groups in total. The summed E-state index contributed by atoms with van der Waals surface area (Å²) < 4.78 is 2.11. The molecule has 0 bridgehead atoms. The Labute approximate surface area is 91.0 Å². The Morgan fingerprint density at radius 1 is 1.53 bits per heavy atom. The highest BCUT2D eigenvalue weighted by atomic mass is 32.1. The van der Waals surface area contributed by atoms with Gasteiger partial charge in [-0.25, -0.2) is 4.98 Å². The average molecular weight is 221 g/mol. The molecule has 0 aromatic carbocycles. The summed E-state index contributed by atoms with van der Waals surface area (Å²) in [4.78, 5) is 4.41. The molecule has 0 saturated heterocycles. The zero-order chi connectivity index (χ0) is 10.3. The fourth-order valence-electron chi connectivity index (χ4n) is 1.55. The van der Waals surface area contributed by atoms with Crippen molar-refractivity contribution in [3.63, 3.8) is 0 Å². The molecule has 78 valence electrons. The quantitative estimate of drug-likeness (QED) is 0.845. The maximum atomic E-state index is 5.53. The van der Waals surface area contributed by atoms with Crippen LogP contribution in [0.5, 0.6) is 0 Å². The van der Waals surface area contributed by atoms with Crippen molar-refractivity contribution in [2.45, 2.75) is 25.4 Å². The minimum absolute atomic E-state index is 0.488. The molecule has 1 saturated carbocycles. The summed E-state index contributed by atoms with van der Waals surface area (Å²) in [6, 6.07) is 0.582. The van der Waals surface area contributed by atoms with Gasteiger partial charge < -0.3 is 10.3 Å². The molecular formula is C9H11N5S. The van der Waals surface area contributed by atoms with Crippen LogP contribution in [-0.2, 0) is 6.54 Å². The Hall–Kier alpha value is -1.27. The molecule has 0 atom stereocenters. The van der Waals surface area contributed by atoms with Crippen LogP contribution in [0.1, 0.15) is 23.9 Å². The van der Waals surface area contributed by atoms with Gasteiger partial charge in [0, 0.05) is 18.0 Å². The van der Waals surface area contributed by atoms with Crippen molar-refractivity contribution >= 4 is 11.3 Å². The van der Waals surface area contributed by atoms with Crippen molar-refractivity contribution in [3.8, 4) is 11.5 Å². The normalized spacial score (nSPS) is 15.8. The maximum absolute atomic E-state index is 5.53. The molecule has 0 aliphatic heterocycles. The van der Waals surface area contributed by atoms with E-state index in [1.54, 1.807) is 17.7 Å². The standard InChI is InChI=1S/C9H11N5S/c10-3-8-12-7(4-15-8)9-13-11-5-14(9)6-1-2-6/h4-6H,1-3,10H2. The van der Waals surface area contributed by atoms with Crippen LogP contribution in [0.3, 0.4) is 0 Å². The lowest BCUT2D eigenvalue weighted by molar-refractivity contribution is 0.744. The van der Waals surface area contributed by atoms with Gasteiger partial charge in [0.25, 0.3) is 0 Å². The van der Waals surface area contributed by atoms with Crippen molar-refractivity contribution in [2.75, 3.05) is 0 Å². The Morgan fingerprint density at radius 3 is 3.07 bits per heavy atom. The summed E-state index contributed by atoms with van der Waals surface area (Å²) in [5, 5.41) is 11.0. The van der Waals surface area contributed by atoms with Gasteiger partial charge in [-0.05, 0) is 12.8 Å². The molecule has 0 spiro atoms. The minimum Gasteiger partial charge on any atom is -0.325 e. The monoisotopic (exact) mass is 221 g/mol. The van der Waals surface area contributed by atoms with Gasteiger partial charge >= 0.3 is 0 Å². The van der Waals surface area contributed by atoms with Crippen molar-refractivity contribution in [1.82, 2.24) is 19.7 Å². The van der Waals surface area contributed by atoms with Crippen LogP contribution in [0, 0.1) is 0 Å². The molecule has 2 heterocycles. The highest BCUT2D eigenvalue weighted by Crippen LogP contribution is 2.37. The zero-order valence-corrected chi connectivity index (χ0v) is 8.94. The van der Waals surface area contributed by atoms with E-state index in [0.717, 1.165) is 16.5 Å². The smallest absolute Gasteiger partial charge is 0.183 e. The van der Waals surface area contributed by atoms with Crippen molar-refractivity contribution in [1.29, 1.82) is 0 Å². The largest absolute Gasteiger partial charge is 0.325 e. The van der Waals surface area contributed by atoms with E-state index in [4.69, 9.17) is 5.73 Å². The third-order valence-corrected chi connectivity index (χ3v) is 3.34. The van der Waals surface area contributed by atoms with E-state index in [0.29, 0.717) is 12.6 Å². The number of nitrogens with two attached hydrogens (primary N) is 1. The van der Waals surface area contributed by atoms with E-state index >= 15 is 0 Å². The van der Waals surface area contributed by atoms with E-state index in [9.17, 15) is 0 Å². The molecule has 1 fully saturated rings. The number of thiazole rings is 1. The summed E-state index contributed by atoms with van der Waals surface area (Å²) in [6.45, 7) is 0.488. The molecule has 1 aliphatic carbocycles. The first-order chi connectivity index (χ1) is 7.38. The molecule has 1 aliphatic rings. The second-order valence-electron chi connectivity index (χ2n) is 3.62. The molecule has 0 unspecified atom stereocenters. The van der Waals surface area contributed by atoms with Crippen LogP contribution in [0.15, 0.2) is 11.7 Å². The zero-order valence-electron chi connectivity index (χ0n) is 8.13. The van der Waals surface area contributed by atoms with Gasteiger partial charge in [0.05, 0.1) is 0 Å². The molecule has 2 aromatic heterocycles. The van der Waals surface area contributed by atoms with Crippen LogP contribution in [0.2, 0.25) is 0 Å². The molecule has 0 radical (unpaired) electrons. The lowest BCUT2D eigenvalue weighted by Crippen LogP contribution is -1.98. The fourth-order valence-corrected chi connectivity index (χ4v) is 2.21. The molecule has 0 amide bonds. The topological polar surface area (TPSA) is 69.6 Å². The van der Waals surface area contributed by atoms with Gasteiger partial charge in [0.15, 0.2) is 5.82 Å². The van der Waals surface area contributed by atoms with Gasteiger partial charge in [-0.15, -0.1) is 21.5 Å². The van der Waals surface area contributed by atoms with Crippen molar-refractivity contribution in [2.24, 2.45) is 5.73 Å². The SMILES string of the molecule is NCc1nc(-c2nncn2C2CC2)cs1. The molecule has 2 aromatic rings. The summed E-state index contributed by atoms with van der Waals surface area (Å²) in [7, 11) is 0. The Morgan fingerprint density at radius 2 is 2.40 bits per heavy atom. The first-order valence-corrected chi connectivity index (χ1v) is 5.81. The maximum Gasteiger partial charge on any atom is 0.183 e. The lowest BCUT2D eigenvalue weighted by atomic mass is 10.4.